The Labute approximate surface area is 110 Å². The van der Waals surface area contributed by atoms with E-state index in [1.54, 1.807) is 0 Å². The molecule has 4 nitrogen and oxygen atoms in total. The van der Waals surface area contributed by atoms with Crippen LogP contribution in [0.3, 0.4) is 0 Å². The van der Waals surface area contributed by atoms with Crippen molar-refractivity contribution in [3.05, 3.63) is 0 Å². The van der Waals surface area contributed by atoms with Gasteiger partial charge in [0.1, 0.15) is 0 Å². The highest BCUT2D eigenvalue weighted by Gasteiger charge is 2.41. The molecule has 1 atom stereocenters. The highest BCUT2D eigenvalue weighted by atomic mass is 16.7. The van der Waals surface area contributed by atoms with Crippen LogP contribution in [0.5, 0.6) is 0 Å². The predicted octanol–water partition coefficient (Wildman–Crippen LogP) is 1.78. The van der Waals surface area contributed by atoms with Gasteiger partial charge in [0.25, 0.3) is 0 Å². The molecule has 18 heavy (non-hydrogen) atoms. The van der Waals surface area contributed by atoms with E-state index in [0.717, 1.165) is 39.3 Å². The zero-order chi connectivity index (χ0) is 12.4. The number of nitrogens with zero attached hydrogens (tertiary/aromatic N) is 1. The Balaban J connectivity index is 1.52. The molecule has 104 valence electrons. The van der Waals surface area contributed by atoms with Gasteiger partial charge < -0.3 is 14.2 Å². The maximum Gasteiger partial charge on any atom is 0.168 e. The average Bonchev–Trinajstić information content (AvgIpc) is 2.88. The van der Waals surface area contributed by atoms with E-state index in [9.17, 15) is 0 Å². The molecular formula is C14H25NO3. The van der Waals surface area contributed by atoms with E-state index in [4.69, 9.17) is 14.2 Å². The fraction of sp³-hybridized carbons (Fsp3) is 1.00. The molecule has 0 amide bonds. The average molecular weight is 255 g/mol. The van der Waals surface area contributed by atoms with Crippen LogP contribution in [0.25, 0.3) is 0 Å². The van der Waals surface area contributed by atoms with Crippen LogP contribution in [0.2, 0.25) is 0 Å². The maximum atomic E-state index is 5.79. The second-order valence-electron chi connectivity index (χ2n) is 5.88. The maximum absolute atomic E-state index is 5.79. The van der Waals surface area contributed by atoms with Crippen LogP contribution in [-0.4, -0.2) is 56.2 Å². The number of hydrogen-bond donors (Lipinski definition) is 0. The first kappa shape index (κ1) is 12.9. The summed E-state index contributed by atoms with van der Waals surface area (Å²) in [5.41, 5.74) is 0. The molecular weight excluding hydrogens is 230 g/mol. The standard InChI is InChI=1S/C14H25NO3/c1-15(13-3-2-8-16-11-13)12-4-6-14(7-5-12)17-9-10-18-14/h12-13H,2-11H2,1H3. The molecule has 3 rings (SSSR count). The van der Waals surface area contributed by atoms with E-state index in [-0.39, 0.29) is 5.79 Å². The van der Waals surface area contributed by atoms with Crippen LogP contribution in [0.15, 0.2) is 0 Å². The van der Waals surface area contributed by atoms with E-state index in [1.807, 2.05) is 0 Å². The lowest BCUT2D eigenvalue weighted by Gasteiger charge is -2.42. The fourth-order valence-electron chi connectivity index (χ4n) is 3.58. The van der Waals surface area contributed by atoms with E-state index >= 15 is 0 Å². The summed E-state index contributed by atoms with van der Waals surface area (Å²) >= 11 is 0. The van der Waals surface area contributed by atoms with Gasteiger partial charge in [-0.15, -0.1) is 0 Å². The molecule has 3 aliphatic rings. The first-order valence-corrected chi connectivity index (χ1v) is 7.37. The first-order chi connectivity index (χ1) is 8.79. The van der Waals surface area contributed by atoms with Crippen molar-refractivity contribution in [3.63, 3.8) is 0 Å². The number of rotatable bonds is 2. The number of likely N-dealkylation sites (N-methyl/N-ethyl adjacent to an activating group) is 1. The molecule has 2 heterocycles. The van der Waals surface area contributed by atoms with Crippen LogP contribution in [-0.2, 0) is 14.2 Å². The lowest BCUT2D eigenvalue weighted by Crippen LogP contribution is -2.48. The lowest BCUT2D eigenvalue weighted by molar-refractivity contribution is -0.185. The predicted molar refractivity (Wildman–Crippen MR) is 68.5 cm³/mol. The Kier molecular flexibility index (Phi) is 3.89. The molecule has 2 aliphatic heterocycles. The summed E-state index contributed by atoms with van der Waals surface area (Å²) < 4.78 is 17.2. The Morgan fingerprint density at radius 1 is 0.944 bits per heavy atom. The Morgan fingerprint density at radius 2 is 1.67 bits per heavy atom. The van der Waals surface area contributed by atoms with Gasteiger partial charge in [-0.1, -0.05) is 0 Å². The third kappa shape index (κ3) is 2.57. The lowest BCUT2D eigenvalue weighted by atomic mass is 9.88. The van der Waals surface area contributed by atoms with E-state index < -0.39 is 0 Å². The summed E-state index contributed by atoms with van der Waals surface area (Å²) in [6, 6.07) is 1.29. The first-order valence-electron chi connectivity index (χ1n) is 7.37. The SMILES string of the molecule is CN(C1CCC2(CC1)OCCO2)C1CCCOC1. The van der Waals surface area contributed by atoms with Crippen molar-refractivity contribution < 1.29 is 14.2 Å². The molecule has 0 radical (unpaired) electrons. The smallest absolute Gasteiger partial charge is 0.168 e. The third-order valence-electron chi connectivity index (χ3n) is 4.82. The molecule has 0 aromatic carbocycles. The van der Waals surface area contributed by atoms with Crippen LogP contribution in [0, 0.1) is 0 Å². The van der Waals surface area contributed by atoms with Gasteiger partial charge in [0.2, 0.25) is 0 Å². The van der Waals surface area contributed by atoms with Crippen molar-refractivity contribution >= 4 is 0 Å². The van der Waals surface area contributed by atoms with E-state index in [2.05, 4.69) is 11.9 Å². The molecule has 1 spiro atoms. The van der Waals surface area contributed by atoms with Crippen LogP contribution in [0.1, 0.15) is 38.5 Å². The fourth-order valence-corrected chi connectivity index (χ4v) is 3.58. The summed E-state index contributed by atoms with van der Waals surface area (Å²) in [5.74, 6) is -0.222. The van der Waals surface area contributed by atoms with Gasteiger partial charge in [-0.2, -0.15) is 0 Å². The largest absolute Gasteiger partial charge is 0.380 e. The topological polar surface area (TPSA) is 30.9 Å². The molecule has 1 saturated carbocycles. The van der Waals surface area contributed by atoms with Gasteiger partial charge >= 0.3 is 0 Å². The quantitative estimate of drug-likeness (QED) is 0.752. The van der Waals surface area contributed by atoms with Crippen molar-refractivity contribution in [2.75, 3.05) is 33.5 Å². The van der Waals surface area contributed by atoms with Crippen molar-refractivity contribution in [2.45, 2.75) is 56.4 Å². The van der Waals surface area contributed by atoms with Gasteiger partial charge in [0, 0.05) is 31.5 Å². The minimum atomic E-state index is -0.222. The summed E-state index contributed by atoms with van der Waals surface area (Å²) in [6.45, 7) is 3.40. The van der Waals surface area contributed by atoms with Gasteiger partial charge in [-0.3, -0.25) is 4.90 Å². The molecule has 0 bridgehead atoms. The Morgan fingerprint density at radius 3 is 2.28 bits per heavy atom. The van der Waals surface area contributed by atoms with Crippen molar-refractivity contribution in [1.82, 2.24) is 4.90 Å². The molecule has 4 heteroatoms. The van der Waals surface area contributed by atoms with E-state index in [0.29, 0.717) is 12.1 Å². The molecule has 1 unspecified atom stereocenters. The summed E-state index contributed by atoms with van der Waals surface area (Å²) in [4.78, 5) is 2.54. The highest BCUT2D eigenvalue weighted by molar-refractivity contribution is 4.88. The number of hydrogen-bond acceptors (Lipinski definition) is 4. The monoisotopic (exact) mass is 255 g/mol. The number of ether oxygens (including phenoxy) is 3. The second kappa shape index (κ2) is 5.45. The van der Waals surface area contributed by atoms with Crippen LogP contribution >= 0.6 is 0 Å². The van der Waals surface area contributed by atoms with Crippen LogP contribution < -0.4 is 0 Å². The van der Waals surface area contributed by atoms with Gasteiger partial charge in [0.05, 0.1) is 19.8 Å². The molecule has 2 saturated heterocycles. The molecule has 1 aliphatic carbocycles. The molecule has 3 fully saturated rings. The minimum absolute atomic E-state index is 0.222. The van der Waals surface area contributed by atoms with E-state index in [1.165, 1.54) is 25.7 Å². The van der Waals surface area contributed by atoms with Crippen molar-refractivity contribution in [3.8, 4) is 0 Å². The summed E-state index contributed by atoms with van der Waals surface area (Å²) in [5, 5.41) is 0. The molecule has 0 aromatic heterocycles. The zero-order valence-corrected chi connectivity index (χ0v) is 11.4. The Bertz CT molecular complexity index is 262. The Hall–Kier alpha value is -0.160. The highest BCUT2D eigenvalue weighted by Crippen LogP contribution is 2.37. The van der Waals surface area contributed by atoms with Gasteiger partial charge in [-0.05, 0) is 32.7 Å². The van der Waals surface area contributed by atoms with Crippen molar-refractivity contribution in [1.29, 1.82) is 0 Å². The summed E-state index contributed by atoms with van der Waals surface area (Å²) in [6.07, 6.45) is 6.97. The van der Waals surface area contributed by atoms with Crippen LogP contribution in [0.4, 0.5) is 0 Å². The molecule has 0 N–H and O–H groups in total. The molecule has 0 aromatic rings. The summed E-state index contributed by atoms with van der Waals surface area (Å²) in [7, 11) is 2.26. The van der Waals surface area contributed by atoms with Crippen molar-refractivity contribution in [2.24, 2.45) is 0 Å². The minimum Gasteiger partial charge on any atom is -0.380 e. The van der Waals surface area contributed by atoms with Gasteiger partial charge in [0.15, 0.2) is 5.79 Å². The third-order valence-corrected chi connectivity index (χ3v) is 4.82. The van der Waals surface area contributed by atoms with Gasteiger partial charge in [-0.25, -0.2) is 0 Å². The second-order valence-corrected chi connectivity index (χ2v) is 5.88. The normalized spacial score (nSPS) is 33.3. The zero-order valence-electron chi connectivity index (χ0n) is 11.4.